The monoisotopic (exact) mass is 504 g/mol. The standard InChI is InChI=1S/C28H29FN4O4/c1-36-25-4-2-3-19(14-25)13-20-15-26(33(17-20)27(34)16-31-18-30)28(35)32-22-7-11-24(12-8-22)37-23-9-5-21(29)6-10-23/h2-12,14,18,20,26H,13,15-17H2,1H3,(H2,30,31)(H,32,35)/t20-,26+/m1/s1. The first kappa shape index (κ1) is 25.7. The van der Waals surface area contributed by atoms with E-state index in [2.05, 4.69) is 10.3 Å². The van der Waals surface area contributed by atoms with Crippen molar-refractivity contribution >= 4 is 23.8 Å². The predicted octanol–water partition coefficient (Wildman–Crippen LogP) is 4.01. The summed E-state index contributed by atoms with van der Waals surface area (Å²) in [6, 6.07) is 19.7. The van der Waals surface area contributed by atoms with E-state index in [0.29, 0.717) is 36.6 Å². The van der Waals surface area contributed by atoms with Gasteiger partial charge in [0.1, 0.15) is 35.7 Å². The Bertz CT molecular complexity index is 1250. The summed E-state index contributed by atoms with van der Waals surface area (Å²) in [4.78, 5) is 31.5. The van der Waals surface area contributed by atoms with Crippen LogP contribution in [-0.4, -0.2) is 49.3 Å². The highest BCUT2D eigenvalue weighted by atomic mass is 19.1. The van der Waals surface area contributed by atoms with E-state index in [1.807, 2.05) is 24.3 Å². The second-order valence-electron chi connectivity index (χ2n) is 8.78. The zero-order valence-electron chi connectivity index (χ0n) is 20.5. The summed E-state index contributed by atoms with van der Waals surface area (Å²) in [5, 5.41) is 2.90. The third-order valence-electron chi connectivity index (χ3n) is 6.17. The number of aliphatic imine (C=N–C) groups is 1. The van der Waals surface area contributed by atoms with Crippen LogP contribution < -0.4 is 20.5 Å². The molecule has 9 heteroatoms. The van der Waals surface area contributed by atoms with Gasteiger partial charge in [-0.25, -0.2) is 4.39 Å². The number of methoxy groups -OCH3 is 1. The van der Waals surface area contributed by atoms with E-state index in [-0.39, 0.29) is 30.1 Å². The van der Waals surface area contributed by atoms with Gasteiger partial charge in [-0.05, 0) is 85.0 Å². The summed E-state index contributed by atoms with van der Waals surface area (Å²) in [5.74, 6) is 1.04. The molecule has 3 aromatic rings. The van der Waals surface area contributed by atoms with Gasteiger partial charge < -0.3 is 25.4 Å². The number of amides is 2. The first-order valence-electron chi connectivity index (χ1n) is 11.9. The molecule has 192 valence electrons. The lowest BCUT2D eigenvalue weighted by Gasteiger charge is -2.23. The molecule has 1 aliphatic rings. The fourth-order valence-electron chi connectivity index (χ4n) is 4.42. The van der Waals surface area contributed by atoms with E-state index in [0.717, 1.165) is 17.7 Å². The lowest BCUT2D eigenvalue weighted by Crippen LogP contribution is -2.44. The van der Waals surface area contributed by atoms with E-state index in [1.54, 1.807) is 36.3 Å². The number of hydrogen-bond donors (Lipinski definition) is 2. The van der Waals surface area contributed by atoms with Crippen LogP contribution in [0.4, 0.5) is 10.1 Å². The number of nitrogens with zero attached hydrogens (tertiary/aromatic N) is 2. The quantitative estimate of drug-likeness (QED) is 0.338. The zero-order valence-corrected chi connectivity index (χ0v) is 20.5. The van der Waals surface area contributed by atoms with Crippen LogP contribution in [0.15, 0.2) is 77.8 Å². The molecule has 4 rings (SSSR count). The Morgan fingerprint density at radius 2 is 1.78 bits per heavy atom. The Morgan fingerprint density at radius 3 is 2.46 bits per heavy atom. The topological polar surface area (TPSA) is 106 Å². The maximum atomic E-state index is 13.3. The average molecular weight is 505 g/mol. The van der Waals surface area contributed by atoms with E-state index in [4.69, 9.17) is 15.2 Å². The Morgan fingerprint density at radius 1 is 1.08 bits per heavy atom. The lowest BCUT2D eigenvalue weighted by atomic mass is 9.96. The normalized spacial score (nSPS) is 17.1. The van der Waals surface area contributed by atoms with Crippen LogP contribution in [-0.2, 0) is 16.0 Å². The van der Waals surface area contributed by atoms with Crippen molar-refractivity contribution in [3.8, 4) is 17.2 Å². The number of nitrogens with two attached hydrogens (primary N) is 1. The van der Waals surface area contributed by atoms with Gasteiger partial charge in [0.05, 0.1) is 13.4 Å². The number of nitrogens with one attached hydrogen (secondary N) is 1. The number of ether oxygens (including phenoxy) is 2. The smallest absolute Gasteiger partial charge is 0.247 e. The first-order valence-corrected chi connectivity index (χ1v) is 11.9. The minimum atomic E-state index is -0.633. The van der Waals surface area contributed by atoms with Gasteiger partial charge in [0.15, 0.2) is 0 Å². The van der Waals surface area contributed by atoms with Crippen LogP contribution in [0.5, 0.6) is 17.2 Å². The van der Waals surface area contributed by atoms with Crippen LogP contribution in [0.3, 0.4) is 0 Å². The summed E-state index contributed by atoms with van der Waals surface area (Å²) in [6.07, 6.45) is 2.32. The summed E-state index contributed by atoms with van der Waals surface area (Å²) in [5.41, 5.74) is 6.96. The Kier molecular flexibility index (Phi) is 8.35. The SMILES string of the molecule is COc1cccc(C[C@@H]2C[C@@H](C(=O)Nc3ccc(Oc4ccc(F)cc4)cc3)N(C(=O)CN=CN)C2)c1. The van der Waals surface area contributed by atoms with Crippen LogP contribution in [0.1, 0.15) is 12.0 Å². The van der Waals surface area contributed by atoms with Crippen LogP contribution in [0, 0.1) is 11.7 Å². The average Bonchev–Trinajstić information content (AvgIpc) is 3.34. The van der Waals surface area contributed by atoms with Gasteiger partial charge in [-0.1, -0.05) is 12.1 Å². The molecule has 0 aliphatic carbocycles. The van der Waals surface area contributed by atoms with Gasteiger partial charge in [0, 0.05) is 12.2 Å². The molecule has 0 bridgehead atoms. The molecule has 0 aromatic heterocycles. The molecular weight excluding hydrogens is 475 g/mol. The molecule has 1 fully saturated rings. The highest BCUT2D eigenvalue weighted by Gasteiger charge is 2.39. The highest BCUT2D eigenvalue weighted by Crippen LogP contribution is 2.29. The second-order valence-corrected chi connectivity index (χ2v) is 8.78. The van der Waals surface area contributed by atoms with Crippen molar-refractivity contribution in [1.82, 2.24) is 4.90 Å². The Labute approximate surface area is 214 Å². The van der Waals surface area contributed by atoms with Crippen molar-refractivity contribution in [2.45, 2.75) is 18.9 Å². The van der Waals surface area contributed by atoms with Gasteiger partial charge in [-0.3, -0.25) is 14.6 Å². The van der Waals surface area contributed by atoms with E-state index in [1.165, 1.54) is 24.3 Å². The molecule has 3 N–H and O–H groups in total. The van der Waals surface area contributed by atoms with Crippen LogP contribution >= 0.6 is 0 Å². The van der Waals surface area contributed by atoms with Crippen molar-refractivity contribution in [3.05, 3.63) is 84.2 Å². The van der Waals surface area contributed by atoms with Gasteiger partial charge in [-0.2, -0.15) is 0 Å². The lowest BCUT2D eigenvalue weighted by molar-refractivity contribution is -0.135. The van der Waals surface area contributed by atoms with Gasteiger partial charge >= 0.3 is 0 Å². The third-order valence-corrected chi connectivity index (χ3v) is 6.17. The van der Waals surface area contributed by atoms with Crippen molar-refractivity contribution in [2.75, 3.05) is 25.5 Å². The number of hydrogen-bond acceptors (Lipinski definition) is 5. The molecule has 8 nitrogen and oxygen atoms in total. The number of carbonyl (C=O) groups excluding carboxylic acids is 2. The maximum Gasteiger partial charge on any atom is 0.247 e. The number of likely N-dealkylation sites (tertiary alicyclic amines) is 1. The summed E-state index contributed by atoms with van der Waals surface area (Å²) in [7, 11) is 1.62. The van der Waals surface area contributed by atoms with E-state index in [9.17, 15) is 14.0 Å². The first-order chi connectivity index (χ1) is 17.9. The third kappa shape index (κ3) is 6.84. The molecule has 3 aromatic carbocycles. The van der Waals surface area contributed by atoms with Crippen molar-refractivity contribution in [1.29, 1.82) is 0 Å². The van der Waals surface area contributed by atoms with Crippen molar-refractivity contribution in [2.24, 2.45) is 16.6 Å². The molecule has 2 atom stereocenters. The largest absolute Gasteiger partial charge is 0.497 e. The Balaban J connectivity index is 1.43. The van der Waals surface area contributed by atoms with Gasteiger partial charge in [0.25, 0.3) is 0 Å². The van der Waals surface area contributed by atoms with Gasteiger partial charge in [0.2, 0.25) is 11.8 Å². The number of anilines is 1. The van der Waals surface area contributed by atoms with E-state index >= 15 is 0 Å². The zero-order chi connectivity index (χ0) is 26.2. The number of carbonyl (C=O) groups is 2. The van der Waals surface area contributed by atoms with Gasteiger partial charge in [-0.15, -0.1) is 0 Å². The molecule has 2 amide bonds. The molecule has 0 radical (unpaired) electrons. The molecule has 0 saturated carbocycles. The molecular formula is C28H29FN4O4. The summed E-state index contributed by atoms with van der Waals surface area (Å²) >= 11 is 0. The van der Waals surface area contributed by atoms with Crippen molar-refractivity contribution in [3.63, 3.8) is 0 Å². The number of benzene rings is 3. The fraction of sp³-hybridized carbons (Fsp3) is 0.250. The predicted molar refractivity (Wildman–Crippen MR) is 139 cm³/mol. The molecule has 1 saturated heterocycles. The number of halogens is 1. The molecule has 37 heavy (non-hydrogen) atoms. The van der Waals surface area contributed by atoms with Crippen LogP contribution in [0.2, 0.25) is 0 Å². The fourth-order valence-corrected chi connectivity index (χ4v) is 4.42. The molecule has 0 spiro atoms. The molecule has 0 unspecified atom stereocenters. The van der Waals surface area contributed by atoms with E-state index < -0.39 is 6.04 Å². The minimum Gasteiger partial charge on any atom is -0.497 e. The number of rotatable bonds is 9. The summed E-state index contributed by atoms with van der Waals surface area (Å²) in [6.45, 7) is 0.334. The van der Waals surface area contributed by atoms with Crippen molar-refractivity contribution < 1.29 is 23.5 Å². The summed E-state index contributed by atoms with van der Waals surface area (Å²) < 4.78 is 24.1. The minimum absolute atomic E-state index is 0.0974. The van der Waals surface area contributed by atoms with Crippen LogP contribution in [0.25, 0.3) is 0 Å². The molecule has 1 heterocycles. The maximum absolute atomic E-state index is 13.3. The second kappa shape index (κ2) is 12.0. The Hall–Kier alpha value is -4.40. The molecule has 1 aliphatic heterocycles. The highest BCUT2D eigenvalue weighted by molar-refractivity contribution is 5.98.